The minimum Gasteiger partial charge on any atom is -0.493 e. The molecule has 0 aliphatic carbocycles. The van der Waals surface area contributed by atoms with Crippen molar-refractivity contribution >= 4 is 11.6 Å². The minimum absolute atomic E-state index is 0.175. The summed E-state index contributed by atoms with van der Waals surface area (Å²) in [7, 11) is 1.99. The van der Waals surface area contributed by atoms with Crippen molar-refractivity contribution in [2.24, 2.45) is 0 Å². The average molecular weight is 302 g/mol. The molecule has 3 rings (SSSR count). The van der Waals surface area contributed by atoms with E-state index in [4.69, 9.17) is 16.3 Å². The maximum Gasteiger partial charge on any atom is 0.122 e. The molecule has 0 fully saturated rings. The Morgan fingerprint density at radius 1 is 1.19 bits per heavy atom. The molecule has 1 aliphatic heterocycles. The van der Waals surface area contributed by atoms with Crippen molar-refractivity contribution in [3.05, 3.63) is 63.7 Å². The lowest BCUT2D eigenvalue weighted by Crippen LogP contribution is -2.19. The van der Waals surface area contributed by atoms with Gasteiger partial charge in [0.1, 0.15) is 5.75 Å². The van der Waals surface area contributed by atoms with Crippen molar-refractivity contribution in [2.75, 3.05) is 13.7 Å². The molecule has 0 aromatic heterocycles. The number of aryl methyl sites for hydroxylation is 2. The first-order valence-corrected chi connectivity index (χ1v) is 7.76. The van der Waals surface area contributed by atoms with Gasteiger partial charge in [0.05, 0.1) is 12.6 Å². The van der Waals surface area contributed by atoms with E-state index in [2.05, 4.69) is 36.5 Å². The van der Waals surface area contributed by atoms with Crippen LogP contribution in [0.25, 0.3) is 0 Å². The summed E-state index contributed by atoms with van der Waals surface area (Å²) >= 11 is 6.07. The number of halogens is 1. The summed E-state index contributed by atoms with van der Waals surface area (Å²) in [5.74, 6) is 1.03. The SMILES string of the molecule is CNC(c1ccc2c(c1)CCCO2)c1ccc(Cl)cc1C. The maximum atomic E-state index is 6.07. The van der Waals surface area contributed by atoms with E-state index in [1.807, 2.05) is 19.2 Å². The molecule has 21 heavy (non-hydrogen) atoms. The number of hydrogen-bond acceptors (Lipinski definition) is 2. The highest BCUT2D eigenvalue weighted by atomic mass is 35.5. The summed E-state index contributed by atoms with van der Waals surface area (Å²) in [6.07, 6.45) is 2.19. The second-order valence-electron chi connectivity index (χ2n) is 5.54. The second kappa shape index (κ2) is 6.08. The van der Waals surface area contributed by atoms with Crippen LogP contribution in [0.15, 0.2) is 36.4 Å². The maximum absolute atomic E-state index is 6.07. The summed E-state index contributed by atoms with van der Waals surface area (Å²) in [6, 6.07) is 12.8. The molecular weight excluding hydrogens is 282 g/mol. The van der Waals surface area contributed by atoms with Gasteiger partial charge in [-0.05, 0) is 67.3 Å². The van der Waals surface area contributed by atoms with Crippen molar-refractivity contribution in [3.8, 4) is 5.75 Å². The molecule has 0 saturated heterocycles. The zero-order valence-electron chi connectivity index (χ0n) is 12.4. The average Bonchev–Trinajstić information content (AvgIpc) is 2.50. The van der Waals surface area contributed by atoms with Crippen molar-refractivity contribution < 1.29 is 4.74 Å². The molecule has 1 N–H and O–H groups in total. The van der Waals surface area contributed by atoms with Gasteiger partial charge in [0.25, 0.3) is 0 Å². The van der Waals surface area contributed by atoms with Crippen LogP contribution in [-0.2, 0) is 6.42 Å². The van der Waals surface area contributed by atoms with Crippen LogP contribution in [-0.4, -0.2) is 13.7 Å². The molecular formula is C18H20ClNO. The molecule has 0 amide bonds. The molecule has 3 heteroatoms. The third-order valence-corrected chi connectivity index (χ3v) is 4.33. The predicted octanol–water partition coefficient (Wildman–Crippen LogP) is 4.28. The lowest BCUT2D eigenvalue weighted by atomic mass is 9.92. The van der Waals surface area contributed by atoms with Crippen LogP contribution >= 0.6 is 11.6 Å². The van der Waals surface area contributed by atoms with Gasteiger partial charge in [-0.3, -0.25) is 0 Å². The summed E-state index contributed by atoms with van der Waals surface area (Å²) in [6.45, 7) is 2.94. The first-order valence-electron chi connectivity index (χ1n) is 7.38. The molecule has 1 atom stereocenters. The molecule has 0 bridgehead atoms. The summed E-state index contributed by atoms with van der Waals surface area (Å²) in [5.41, 5.74) is 5.05. The third-order valence-electron chi connectivity index (χ3n) is 4.10. The van der Waals surface area contributed by atoms with E-state index in [0.29, 0.717) is 0 Å². The van der Waals surface area contributed by atoms with E-state index >= 15 is 0 Å². The van der Waals surface area contributed by atoms with Gasteiger partial charge in [-0.2, -0.15) is 0 Å². The van der Waals surface area contributed by atoms with Gasteiger partial charge in [-0.25, -0.2) is 0 Å². The molecule has 0 saturated carbocycles. The van der Waals surface area contributed by atoms with E-state index in [0.717, 1.165) is 30.2 Å². The Labute approximate surface area is 131 Å². The third kappa shape index (κ3) is 2.92. The highest BCUT2D eigenvalue weighted by Crippen LogP contribution is 2.31. The molecule has 1 unspecified atom stereocenters. The largest absolute Gasteiger partial charge is 0.493 e. The first-order chi connectivity index (χ1) is 10.2. The lowest BCUT2D eigenvalue weighted by Gasteiger charge is -2.23. The van der Waals surface area contributed by atoms with Crippen LogP contribution in [0.1, 0.15) is 34.7 Å². The quantitative estimate of drug-likeness (QED) is 0.913. The Bertz CT molecular complexity index is 654. The van der Waals surface area contributed by atoms with E-state index < -0.39 is 0 Å². The minimum atomic E-state index is 0.175. The fourth-order valence-electron chi connectivity index (χ4n) is 3.02. The number of ether oxygens (including phenoxy) is 1. The highest BCUT2D eigenvalue weighted by Gasteiger charge is 2.17. The van der Waals surface area contributed by atoms with Gasteiger partial charge in [-0.15, -0.1) is 0 Å². The Balaban J connectivity index is 1.99. The van der Waals surface area contributed by atoms with E-state index in [1.54, 1.807) is 0 Å². The van der Waals surface area contributed by atoms with Crippen LogP contribution in [0.2, 0.25) is 5.02 Å². The van der Waals surface area contributed by atoms with Crippen molar-refractivity contribution in [1.82, 2.24) is 5.32 Å². The number of rotatable bonds is 3. The molecule has 110 valence electrons. The van der Waals surface area contributed by atoms with E-state index in [9.17, 15) is 0 Å². The second-order valence-corrected chi connectivity index (χ2v) is 5.98. The molecule has 1 heterocycles. The van der Waals surface area contributed by atoms with Crippen LogP contribution in [0.5, 0.6) is 5.75 Å². The number of fused-ring (bicyclic) bond motifs is 1. The smallest absolute Gasteiger partial charge is 0.122 e. The highest BCUT2D eigenvalue weighted by molar-refractivity contribution is 6.30. The molecule has 2 aromatic rings. The van der Waals surface area contributed by atoms with E-state index in [-0.39, 0.29) is 6.04 Å². The summed E-state index contributed by atoms with van der Waals surface area (Å²) in [4.78, 5) is 0. The number of hydrogen-bond donors (Lipinski definition) is 1. The monoisotopic (exact) mass is 301 g/mol. The van der Waals surface area contributed by atoms with Crippen LogP contribution < -0.4 is 10.1 Å². The molecule has 2 nitrogen and oxygen atoms in total. The van der Waals surface area contributed by atoms with Crippen LogP contribution in [0, 0.1) is 6.92 Å². The standard InChI is InChI=1S/C18H20ClNO/c1-12-10-15(19)6-7-16(12)18(20-2)14-5-8-17-13(11-14)4-3-9-21-17/h5-8,10-11,18,20H,3-4,9H2,1-2H3. The van der Waals surface area contributed by atoms with Crippen LogP contribution in [0.3, 0.4) is 0 Å². The summed E-state index contributed by atoms with van der Waals surface area (Å²) in [5, 5.41) is 4.20. The summed E-state index contributed by atoms with van der Waals surface area (Å²) < 4.78 is 5.70. The zero-order chi connectivity index (χ0) is 14.8. The van der Waals surface area contributed by atoms with Gasteiger partial charge in [0.2, 0.25) is 0 Å². The Hall–Kier alpha value is -1.51. The topological polar surface area (TPSA) is 21.3 Å². The van der Waals surface area contributed by atoms with Crippen molar-refractivity contribution in [1.29, 1.82) is 0 Å². The lowest BCUT2D eigenvalue weighted by molar-refractivity contribution is 0.288. The fourth-order valence-corrected chi connectivity index (χ4v) is 3.25. The molecule has 0 spiro atoms. The zero-order valence-corrected chi connectivity index (χ0v) is 13.2. The normalized spacial score (nSPS) is 15.2. The Kier molecular flexibility index (Phi) is 4.18. The molecule has 1 aliphatic rings. The number of benzene rings is 2. The van der Waals surface area contributed by atoms with Gasteiger partial charge >= 0.3 is 0 Å². The Morgan fingerprint density at radius 2 is 2.05 bits per heavy atom. The fraction of sp³-hybridized carbons (Fsp3) is 0.333. The van der Waals surface area contributed by atoms with Crippen molar-refractivity contribution in [3.63, 3.8) is 0 Å². The van der Waals surface area contributed by atoms with Gasteiger partial charge in [0.15, 0.2) is 0 Å². The number of nitrogens with one attached hydrogen (secondary N) is 1. The Morgan fingerprint density at radius 3 is 2.81 bits per heavy atom. The van der Waals surface area contributed by atoms with Crippen molar-refractivity contribution in [2.45, 2.75) is 25.8 Å². The van der Waals surface area contributed by atoms with E-state index in [1.165, 1.54) is 22.3 Å². The molecule has 0 radical (unpaired) electrons. The van der Waals surface area contributed by atoms with Crippen LogP contribution in [0.4, 0.5) is 0 Å². The van der Waals surface area contributed by atoms with Gasteiger partial charge in [-0.1, -0.05) is 29.8 Å². The first kappa shape index (κ1) is 14.4. The van der Waals surface area contributed by atoms with Gasteiger partial charge < -0.3 is 10.1 Å². The predicted molar refractivity (Wildman–Crippen MR) is 87.3 cm³/mol. The molecule has 2 aromatic carbocycles. The van der Waals surface area contributed by atoms with Gasteiger partial charge in [0, 0.05) is 5.02 Å².